The molecule has 1 aromatic rings. The number of benzene rings is 1. The molecule has 12 heavy (non-hydrogen) atoms. The number of methoxy groups -OCH3 is 1. The third-order valence-corrected chi connectivity index (χ3v) is 3.32. The maximum absolute atomic E-state index is 7.34. The van der Waals surface area contributed by atoms with E-state index in [1.165, 1.54) is 21.6 Å². The van der Waals surface area contributed by atoms with Crippen LogP contribution in [0, 0.1) is 0 Å². The fourth-order valence-corrected chi connectivity index (χ4v) is 2.02. The van der Waals surface area contributed by atoms with Gasteiger partial charge < -0.3 is 4.74 Å². The fraction of sp³-hybridized carbons (Fsp3) is 0.333. The second-order valence-corrected chi connectivity index (χ2v) is 4.26. The van der Waals surface area contributed by atoms with Crippen LogP contribution in [0.15, 0.2) is 29.2 Å². The van der Waals surface area contributed by atoms with Gasteiger partial charge in [-0.05, 0) is 24.3 Å². The summed E-state index contributed by atoms with van der Waals surface area (Å²) in [6, 6.07) is 7.58. The Morgan fingerprint density at radius 2 is 2.25 bits per heavy atom. The lowest BCUT2D eigenvalue weighted by Gasteiger charge is -2.00. The van der Waals surface area contributed by atoms with Crippen molar-refractivity contribution in [2.45, 2.75) is 11.8 Å². The highest BCUT2D eigenvalue weighted by molar-refractivity contribution is 8.76. The summed E-state index contributed by atoms with van der Waals surface area (Å²) in [4.78, 5) is 1.03. The second kappa shape index (κ2) is 5.38. The van der Waals surface area contributed by atoms with Crippen molar-refractivity contribution in [3.05, 3.63) is 24.3 Å². The molecule has 0 fully saturated rings. The van der Waals surface area contributed by atoms with E-state index in [9.17, 15) is 0 Å². The average molecular weight is 202 g/mol. The lowest BCUT2D eigenvalue weighted by atomic mass is 10.3. The SMILES string of the molecule is [1H][13C]([2H])(C)SSc1ccc(OC)cc1. The van der Waals surface area contributed by atoms with E-state index in [0.29, 0.717) is 0 Å². The average Bonchev–Trinajstić information content (AvgIpc) is 2.14. The molecule has 1 atom stereocenters. The largest absolute Gasteiger partial charge is 0.497 e. The molecule has 0 heterocycles. The molecule has 0 saturated carbocycles. The minimum absolute atomic E-state index is 0.818. The summed E-state index contributed by atoms with van der Waals surface area (Å²) in [6.45, 7) is 1.55. The van der Waals surface area contributed by atoms with Crippen molar-refractivity contribution in [2.24, 2.45) is 0 Å². The normalized spacial score (nSPS) is 17.5. The Balaban J connectivity index is 2.52. The lowest BCUT2D eigenvalue weighted by Crippen LogP contribution is -1.80. The molecule has 1 rings (SSSR count). The first-order valence-electron chi connectivity index (χ1n) is 4.51. The summed E-state index contributed by atoms with van der Waals surface area (Å²) in [5.74, 6) is 0.818. The molecular formula is C9H12OS2. The van der Waals surface area contributed by atoms with Gasteiger partial charge in [-0.2, -0.15) is 0 Å². The van der Waals surface area contributed by atoms with Gasteiger partial charge in [-0.15, -0.1) is 0 Å². The van der Waals surface area contributed by atoms with Crippen molar-refractivity contribution in [3.63, 3.8) is 0 Å². The van der Waals surface area contributed by atoms with Crippen molar-refractivity contribution in [1.29, 1.82) is 0 Å². The smallest absolute Gasteiger partial charge is 0.118 e. The minimum atomic E-state index is -1.20. The molecule has 1 unspecified atom stereocenters. The Morgan fingerprint density at radius 1 is 1.58 bits per heavy atom. The molecule has 0 N–H and O–H groups in total. The van der Waals surface area contributed by atoms with Crippen LogP contribution in [0.3, 0.4) is 0 Å². The zero-order valence-corrected chi connectivity index (χ0v) is 8.67. The highest BCUT2D eigenvalue weighted by Crippen LogP contribution is 2.31. The van der Waals surface area contributed by atoms with Gasteiger partial charge in [0.2, 0.25) is 0 Å². The Bertz CT molecular complexity index is 282. The molecule has 66 valence electrons. The van der Waals surface area contributed by atoms with Gasteiger partial charge >= 0.3 is 0 Å². The van der Waals surface area contributed by atoms with Crippen LogP contribution in [0.4, 0.5) is 0 Å². The third kappa shape index (κ3) is 2.99. The van der Waals surface area contributed by atoms with E-state index in [1.54, 1.807) is 14.0 Å². The van der Waals surface area contributed by atoms with Gasteiger partial charge in [0, 0.05) is 13.3 Å². The van der Waals surface area contributed by atoms with E-state index in [4.69, 9.17) is 7.48 Å². The summed E-state index contributed by atoms with van der Waals surface area (Å²) >= 11 is 0. The maximum atomic E-state index is 7.34. The second-order valence-electron chi connectivity index (χ2n) is 2.05. The zero-order chi connectivity index (χ0) is 10.6. The van der Waals surface area contributed by atoms with Gasteiger partial charge in [0.05, 0.1) is 7.11 Å². The van der Waals surface area contributed by atoms with Crippen LogP contribution in [0.2, 0.25) is 0 Å². The van der Waals surface area contributed by atoms with E-state index in [2.05, 4.69) is 0 Å². The predicted octanol–water partition coefficient (Wildman–Crippen LogP) is 3.46. The Morgan fingerprint density at radius 3 is 2.75 bits per heavy atom. The fourth-order valence-electron chi connectivity index (χ4n) is 0.721. The first-order chi connectivity index (χ1) is 6.51. The summed E-state index contributed by atoms with van der Waals surface area (Å²) in [5, 5.41) is 0. The van der Waals surface area contributed by atoms with Gasteiger partial charge in [0.25, 0.3) is 0 Å². The van der Waals surface area contributed by atoms with E-state index < -0.39 is 5.70 Å². The highest BCUT2D eigenvalue weighted by atomic mass is 33.1. The van der Waals surface area contributed by atoms with Crippen LogP contribution in [-0.4, -0.2) is 12.8 Å². The summed E-state index contributed by atoms with van der Waals surface area (Å²) in [5.41, 5.74) is -1.20. The lowest BCUT2D eigenvalue weighted by molar-refractivity contribution is 0.414. The van der Waals surface area contributed by atoms with Crippen LogP contribution >= 0.6 is 21.6 Å². The molecular weight excluding hydrogens is 189 g/mol. The molecule has 3 heteroatoms. The van der Waals surface area contributed by atoms with Gasteiger partial charge in [-0.1, -0.05) is 28.5 Å². The topological polar surface area (TPSA) is 9.23 Å². The first kappa shape index (κ1) is 7.15. The third-order valence-electron chi connectivity index (χ3n) is 1.28. The molecule has 0 saturated heterocycles. The molecule has 0 bridgehead atoms. The standard InChI is InChI=1S/C9H12OS2/c1-3-11-12-9-6-4-8(10-2)5-7-9/h4-7H,3H2,1-2H3/i3+1DH. The highest BCUT2D eigenvalue weighted by Gasteiger charge is 1.93. The van der Waals surface area contributed by atoms with E-state index in [-0.39, 0.29) is 0 Å². The van der Waals surface area contributed by atoms with Crippen LogP contribution in [0.25, 0.3) is 0 Å². The van der Waals surface area contributed by atoms with Crippen molar-refractivity contribution in [2.75, 3.05) is 12.8 Å². The minimum Gasteiger partial charge on any atom is -0.497 e. The molecule has 0 amide bonds. The van der Waals surface area contributed by atoms with Crippen LogP contribution in [0.1, 0.15) is 9.67 Å². The van der Waals surface area contributed by atoms with E-state index in [0.717, 1.165) is 10.6 Å². The maximum Gasteiger partial charge on any atom is 0.118 e. The van der Waals surface area contributed by atoms with Crippen molar-refractivity contribution in [1.82, 2.24) is 0 Å². The Labute approximate surface area is 84.1 Å². The Hall–Kier alpha value is -0.280. The molecule has 0 aliphatic rings. The summed E-state index contributed by atoms with van der Waals surface area (Å²) in [7, 11) is 4.27. The monoisotopic (exact) mass is 202 g/mol. The molecule has 0 radical (unpaired) electrons. The molecule has 0 spiro atoms. The number of ether oxygens (including phenoxy) is 1. The zero-order valence-electron chi connectivity index (χ0n) is 9.03. The number of hydrogen-bond donors (Lipinski definition) is 0. The van der Waals surface area contributed by atoms with Crippen molar-refractivity contribution < 1.29 is 7.48 Å². The molecule has 1 aromatic carbocycles. The molecule has 0 aromatic heterocycles. The van der Waals surface area contributed by atoms with Gasteiger partial charge in [0.15, 0.2) is 0 Å². The van der Waals surface area contributed by atoms with E-state index >= 15 is 0 Å². The molecule has 1 nitrogen and oxygen atoms in total. The van der Waals surface area contributed by atoms with Crippen LogP contribution in [-0.2, 0) is 0 Å². The van der Waals surface area contributed by atoms with Gasteiger partial charge in [-0.25, -0.2) is 0 Å². The van der Waals surface area contributed by atoms with Crippen molar-refractivity contribution in [3.8, 4) is 5.75 Å². The van der Waals surface area contributed by atoms with E-state index in [1.807, 2.05) is 24.3 Å². The van der Waals surface area contributed by atoms with Crippen molar-refractivity contribution >= 4 is 21.6 Å². The van der Waals surface area contributed by atoms with Gasteiger partial charge in [-0.3, -0.25) is 0 Å². The number of rotatable bonds is 4. The van der Waals surface area contributed by atoms with Gasteiger partial charge in [0.1, 0.15) is 5.75 Å². The molecule has 0 aliphatic carbocycles. The summed E-state index contributed by atoms with van der Waals surface area (Å²) < 4.78 is 19.7. The summed E-state index contributed by atoms with van der Waals surface area (Å²) in [6.07, 6.45) is 0. The number of hydrogen-bond acceptors (Lipinski definition) is 3. The van der Waals surface area contributed by atoms with Crippen LogP contribution < -0.4 is 4.74 Å². The quantitative estimate of drug-likeness (QED) is 0.546. The predicted molar refractivity (Wildman–Crippen MR) is 57.0 cm³/mol. The molecule has 0 aliphatic heterocycles. The van der Waals surface area contributed by atoms with Crippen LogP contribution in [0.5, 0.6) is 5.75 Å². The first-order valence-corrected chi connectivity index (χ1v) is 5.66. The Kier molecular flexibility index (Phi) is 3.21.